The molecule has 13 heavy (non-hydrogen) atoms. The van der Waals surface area contributed by atoms with Gasteiger partial charge in [-0.05, 0) is 6.42 Å². The number of carbonyl (C=O) groups excluding carboxylic acids is 1. The Kier molecular flexibility index (Phi) is 4.78. The summed E-state index contributed by atoms with van der Waals surface area (Å²) in [7, 11) is 0. The first kappa shape index (κ1) is 10.5. The van der Waals surface area contributed by atoms with E-state index in [-0.39, 0.29) is 11.9 Å². The molecule has 1 rings (SSSR count). The summed E-state index contributed by atoms with van der Waals surface area (Å²) < 4.78 is 10.1. The summed E-state index contributed by atoms with van der Waals surface area (Å²) in [6.45, 7) is 4.61. The highest BCUT2D eigenvalue weighted by molar-refractivity contribution is 5.76. The summed E-state index contributed by atoms with van der Waals surface area (Å²) in [4.78, 5) is 11.2. The lowest BCUT2D eigenvalue weighted by atomic mass is 10.2. The molecule has 1 saturated heterocycles. The van der Waals surface area contributed by atoms with Gasteiger partial charge in [-0.2, -0.15) is 0 Å². The first-order valence-corrected chi connectivity index (χ1v) is 4.77. The number of carbonyl (C=O) groups is 1. The van der Waals surface area contributed by atoms with Crippen LogP contribution in [0.1, 0.15) is 19.8 Å². The molecule has 0 atom stereocenters. The molecule has 1 heterocycles. The monoisotopic (exact) mass is 187 g/mol. The summed E-state index contributed by atoms with van der Waals surface area (Å²) in [6, 6.07) is 0.235. The molecule has 0 aromatic carbocycles. The van der Waals surface area contributed by atoms with Crippen molar-refractivity contribution in [3.8, 4) is 0 Å². The molecule has 0 saturated carbocycles. The van der Waals surface area contributed by atoms with E-state index in [1.54, 1.807) is 0 Å². The summed E-state index contributed by atoms with van der Waals surface area (Å²) in [5.41, 5.74) is 0. The van der Waals surface area contributed by atoms with E-state index in [0.29, 0.717) is 26.2 Å². The van der Waals surface area contributed by atoms with Crippen LogP contribution in [0.4, 0.5) is 0 Å². The molecule has 0 radical (unpaired) electrons. The Labute approximate surface area is 78.6 Å². The highest BCUT2D eigenvalue weighted by atomic mass is 16.5. The Morgan fingerprint density at radius 2 is 2.31 bits per heavy atom. The molecule has 4 heteroatoms. The Balaban J connectivity index is 1.91. The molecule has 0 aromatic rings. The van der Waals surface area contributed by atoms with Crippen LogP contribution in [0.3, 0.4) is 0 Å². The van der Waals surface area contributed by atoms with E-state index < -0.39 is 0 Å². The van der Waals surface area contributed by atoms with E-state index in [1.165, 1.54) is 0 Å². The lowest BCUT2D eigenvalue weighted by Crippen LogP contribution is -2.48. The maximum absolute atomic E-state index is 11.2. The van der Waals surface area contributed by atoms with Gasteiger partial charge in [-0.15, -0.1) is 0 Å². The van der Waals surface area contributed by atoms with Crippen molar-refractivity contribution in [2.24, 2.45) is 0 Å². The fraction of sp³-hybridized carbons (Fsp3) is 0.889. The Morgan fingerprint density at radius 3 is 2.85 bits per heavy atom. The second-order valence-electron chi connectivity index (χ2n) is 3.16. The molecule has 0 unspecified atom stereocenters. The standard InChI is InChI=1S/C9H17NO3/c1-2-4-12-5-3-9(11)10-8-6-13-7-8/h8H,2-7H2,1H3,(H,10,11). The van der Waals surface area contributed by atoms with Crippen molar-refractivity contribution in [1.29, 1.82) is 0 Å². The van der Waals surface area contributed by atoms with Gasteiger partial charge < -0.3 is 14.8 Å². The first-order chi connectivity index (χ1) is 6.33. The van der Waals surface area contributed by atoms with Gasteiger partial charge in [0, 0.05) is 13.0 Å². The fourth-order valence-electron chi connectivity index (χ4n) is 1.03. The van der Waals surface area contributed by atoms with Gasteiger partial charge in [-0.1, -0.05) is 6.92 Å². The summed E-state index contributed by atoms with van der Waals surface area (Å²) in [5, 5.41) is 2.85. The molecular formula is C9H17NO3. The minimum atomic E-state index is 0.0596. The van der Waals surface area contributed by atoms with Crippen LogP contribution in [-0.2, 0) is 14.3 Å². The van der Waals surface area contributed by atoms with Crippen LogP contribution in [0.15, 0.2) is 0 Å². The lowest BCUT2D eigenvalue weighted by Gasteiger charge is -2.26. The zero-order chi connectivity index (χ0) is 9.52. The van der Waals surface area contributed by atoms with Gasteiger partial charge >= 0.3 is 0 Å². The average Bonchev–Trinajstić information content (AvgIpc) is 2.06. The predicted molar refractivity (Wildman–Crippen MR) is 48.5 cm³/mol. The Hall–Kier alpha value is -0.610. The Bertz CT molecular complexity index is 157. The van der Waals surface area contributed by atoms with Crippen molar-refractivity contribution in [2.75, 3.05) is 26.4 Å². The third-order valence-electron chi connectivity index (χ3n) is 1.83. The molecule has 0 aromatic heterocycles. The van der Waals surface area contributed by atoms with Crippen LogP contribution in [0.25, 0.3) is 0 Å². The lowest BCUT2D eigenvalue weighted by molar-refractivity contribution is -0.126. The molecule has 0 aliphatic carbocycles. The van der Waals surface area contributed by atoms with Crippen LogP contribution in [0, 0.1) is 0 Å². The number of ether oxygens (including phenoxy) is 2. The van der Waals surface area contributed by atoms with Crippen LogP contribution >= 0.6 is 0 Å². The molecule has 0 spiro atoms. The van der Waals surface area contributed by atoms with Gasteiger partial charge in [0.1, 0.15) is 0 Å². The number of rotatable bonds is 6. The molecule has 4 nitrogen and oxygen atoms in total. The average molecular weight is 187 g/mol. The third-order valence-corrected chi connectivity index (χ3v) is 1.83. The van der Waals surface area contributed by atoms with Crippen molar-refractivity contribution < 1.29 is 14.3 Å². The van der Waals surface area contributed by atoms with E-state index in [4.69, 9.17) is 9.47 Å². The minimum absolute atomic E-state index is 0.0596. The van der Waals surface area contributed by atoms with E-state index in [9.17, 15) is 4.79 Å². The third kappa shape index (κ3) is 4.24. The second kappa shape index (κ2) is 5.94. The molecule has 1 aliphatic heterocycles. The summed E-state index contributed by atoms with van der Waals surface area (Å²) >= 11 is 0. The second-order valence-corrected chi connectivity index (χ2v) is 3.16. The zero-order valence-corrected chi connectivity index (χ0v) is 8.04. The van der Waals surface area contributed by atoms with Crippen LogP contribution in [0.2, 0.25) is 0 Å². The van der Waals surface area contributed by atoms with Crippen molar-refractivity contribution in [3.63, 3.8) is 0 Å². The molecule has 1 N–H and O–H groups in total. The summed E-state index contributed by atoms with van der Waals surface area (Å²) in [5.74, 6) is 0.0596. The van der Waals surface area contributed by atoms with Crippen molar-refractivity contribution in [2.45, 2.75) is 25.8 Å². The topological polar surface area (TPSA) is 47.6 Å². The van der Waals surface area contributed by atoms with Crippen LogP contribution in [0.5, 0.6) is 0 Å². The van der Waals surface area contributed by atoms with E-state index in [0.717, 1.165) is 13.0 Å². The molecular weight excluding hydrogens is 170 g/mol. The van der Waals surface area contributed by atoms with Crippen molar-refractivity contribution in [3.05, 3.63) is 0 Å². The minimum Gasteiger partial charge on any atom is -0.381 e. The molecule has 1 amide bonds. The van der Waals surface area contributed by atoms with Crippen LogP contribution < -0.4 is 5.32 Å². The van der Waals surface area contributed by atoms with E-state index >= 15 is 0 Å². The molecule has 0 bridgehead atoms. The number of amides is 1. The van der Waals surface area contributed by atoms with Gasteiger partial charge in [0.15, 0.2) is 0 Å². The van der Waals surface area contributed by atoms with Gasteiger partial charge in [0.25, 0.3) is 0 Å². The smallest absolute Gasteiger partial charge is 0.222 e. The van der Waals surface area contributed by atoms with Crippen molar-refractivity contribution in [1.82, 2.24) is 5.32 Å². The first-order valence-electron chi connectivity index (χ1n) is 4.77. The highest BCUT2D eigenvalue weighted by Crippen LogP contribution is 1.99. The molecule has 76 valence electrons. The number of hydrogen-bond donors (Lipinski definition) is 1. The van der Waals surface area contributed by atoms with Gasteiger partial charge in [-0.25, -0.2) is 0 Å². The van der Waals surface area contributed by atoms with Gasteiger partial charge in [0.05, 0.1) is 25.9 Å². The number of nitrogens with one attached hydrogen (secondary N) is 1. The predicted octanol–water partition coefficient (Wildman–Crippen LogP) is 0.318. The largest absolute Gasteiger partial charge is 0.381 e. The van der Waals surface area contributed by atoms with Crippen molar-refractivity contribution >= 4 is 5.91 Å². The summed E-state index contributed by atoms with van der Waals surface area (Å²) in [6.07, 6.45) is 1.45. The maximum atomic E-state index is 11.2. The Morgan fingerprint density at radius 1 is 1.54 bits per heavy atom. The highest BCUT2D eigenvalue weighted by Gasteiger charge is 2.19. The normalized spacial score (nSPS) is 16.7. The van der Waals surface area contributed by atoms with Gasteiger partial charge in [0.2, 0.25) is 5.91 Å². The SMILES string of the molecule is CCCOCCC(=O)NC1COC1. The van der Waals surface area contributed by atoms with Crippen LogP contribution in [-0.4, -0.2) is 38.4 Å². The quantitative estimate of drug-likeness (QED) is 0.609. The fourth-order valence-corrected chi connectivity index (χ4v) is 1.03. The van der Waals surface area contributed by atoms with E-state index in [2.05, 4.69) is 5.32 Å². The molecule has 1 aliphatic rings. The van der Waals surface area contributed by atoms with Gasteiger partial charge in [-0.3, -0.25) is 4.79 Å². The number of hydrogen-bond acceptors (Lipinski definition) is 3. The van der Waals surface area contributed by atoms with E-state index in [1.807, 2.05) is 6.92 Å². The zero-order valence-electron chi connectivity index (χ0n) is 8.04. The molecule has 1 fully saturated rings. The maximum Gasteiger partial charge on any atom is 0.222 e.